The second kappa shape index (κ2) is 7.80. The minimum absolute atomic E-state index is 0.338. The van der Waals surface area contributed by atoms with E-state index in [1.54, 1.807) is 31.4 Å². The zero-order valence-corrected chi connectivity index (χ0v) is 17.4. The molecule has 0 bridgehead atoms. The lowest BCUT2D eigenvalue weighted by Crippen LogP contribution is -1.99. The molecule has 8 nitrogen and oxygen atoms in total. The fourth-order valence-electron chi connectivity index (χ4n) is 3.13. The molecule has 5 aromatic rings. The monoisotopic (exact) mass is 433 g/mol. The van der Waals surface area contributed by atoms with Gasteiger partial charge in [-0.2, -0.15) is 9.61 Å². The Morgan fingerprint density at radius 2 is 1.65 bits per heavy atom. The molecule has 0 fully saturated rings. The maximum absolute atomic E-state index is 14.2. The molecule has 10 heteroatoms. The zero-order chi connectivity index (χ0) is 21.4. The molecule has 0 saturated heterocycles. The molecule has 3 heterocycles. The highest BCUT2D eigenvalue weighted by Crippen LogP contribution is 2.29. The summed E-state index contributed by atoms with van der Waals surface area (Å²) < 4.78 is 22.9. The average molecular weight is 433 g/mol. The highest BCUT2D eigenvalue weighted by molar-refractivity contribution is 7.99. The normalized spacial score (nSPS) is 11.2. The van der Waals surface area contributed by atoms with Crippen LogP contribution in [-0.2, 0) is 7.05 Å². The first-order valence-electron chi connectivity index (χ1n) is 9.33. The Morgan fingerprint density at radius 1 is 0.871 bits per heavy atom. The van der Waals surface area contributed by atoms with Crippen molar-refractivity contribution in [3.05, 3.63) is 66.5 Å². The Balaban J connectivity index is 1.48. The molecular weight excluding hydrogens is 417 g/mol. The average Bonchev–Trinajstić information content (AvgIpc) is 3.38. The van der Waals surface area contributed by atoms with Crippen LogP contribution in [0, 0.1) is 5.82 Å². The van der Waals surface area contributed by atoms with E-state index in [0.717, 1.165) is 17.1 Å². The minimum Gasteiger partial charge on any atom is -0.497 e. The third kappa shape index (κ3) is 3.50. The van der Waals surface area contributed by atoms with Gasteiger partial charge in [-0.25, -0.2) is 4.39 Å². The van der Waals surface area contributed by atoms with Crippen LogP contribution < -0.4 is 4.74 Å². The Bertz CT molecular complexity index is 1380. The molecule has 0 aliphatic rings. The molecule has 154 valence electrons. The van der Waals surface area contributed by atoms with Gasteiger partial charge in [-0.1, -0.05) is 12.1 Å². The van der Waals surface area contributed by atoms with Crippen molar-refractivity contribution in [3.63, 3.8) is 0 Å². The Morgan fingerprint density at radius 3 is 2.42 bits per heavy atom. The molecule has 0 N–H and O–H groups in total. The quantitative estimate of drug-likeness (QED) is 0.416. The van der Waals surface area contributed by atoms with E-state index in [9.17, 15) is 4.39 Å². The van der Waals surface area contributed by atoms with Crippen molar-refractivity contribution >= 4 is 17.4 Å². The first-order valence-corrected chi connectivity index (χ1v) is 10.1. The van der Waals surface area contributed by atoms with Crippen molar-refractivity contribution in [2.45, 2.75) is 10.2 Å². The molecule has 0 aliphatic heterocycles. The van der Waals surface area contributed by atoms with E-state index in [0.29, 0.717) is 27.2 Å². The molecule has 0 radical (unpaired) electrons. The predicted octanol–water partition coefficient (Wildman–Crippen LogP) is 3.89. The van der Waals surface area contributed by atoms with Gasteiger partial charge in [0.05, 0.1) is 12.7 Å². The van der Waals surface area contributed by atoms with Gasteiger partial charge in [0.2, 0.25) is 0 Å². The summed E-state index contributed by atoms with van der Waals surface area (Å²) in [6, 6.07) is 17.6. The molecule has 0 atom stereocenters. The summed E-state index contributed by atoms with van der Waals surface area (Å²) in [7, 11) is 3.52. The van der Waals surface area contributed by atoms with Gasteiger partial charge in [-0.15, -0.1) is 20.4 Å². The highest BCUT2D eigenvalue weighted by Gasteiger charge is 2.16. The zero-order valence-electron chi connectivity index (χ0n) is 16.6. The Hall–Kier alpha value is -3.79. The highest BCUT2D eigenvalue weighted by atomic mass is 32.2. The van der Waals surface area contributed by atoms with Crippen molar-refractivity contribution in [2.24, 2.45) is 7.05 Å². The van der Waals surface area contributed by atoms with Crippen LogP contribution in [0.1, 0.15) is 0 Å². The summed E-state index contributed by atoms with van der Waals surface area (Å²) in [5, 5.41) is 22.7. The van der Waals surface area contributed by atoms with Gasteiger partial charge in [-0.3, -0.25) is 0 Å². The summed E-state index contributed by atoms with van der Waals surface area (Å²) in [6.45, 7) is 0. The number of nitrogens with zero attached hydrogens (tertiary/aromatic N) is 7. The molecule has 3 aromatic heterocycles. The smallest absolute Gasteiger partial charge is 0.197 e. The van der Waals surface area contributed by atoms with Crippen LogP contribution in [0.5, 0.6) is 5.75 Å². The maximum atomic E-state index is 14.2. The summed E-state index contributed by atoms with van der Waals surface area (Å²) >= 11 is 1.35. The van der Waals surface area contributed by atoms with Gasteiger partial charge in [-0.05, 0) is 60.3 Å². The number of hydrogen-bond acceptors (Lipinski definition) is 7. The summed E-state index contributed by atoms with van der Waals surface area (Å²) in [4.78, 5) is 0. The third-order valence-electron chi connectivity index (χ3n) is 4.73. The van der Waals surface area contributed by atoms with Crippen LogP contribution in [0.4, 0.5) is 4.39 Å². The summed E-state index contributed by atoms with van der Waals surface area (Å²) in [5.41, 5.74) is 1.79. The first-order chi connectivity index (χ1) is 15.1. The van der Waals surface area contributed by atoms with Crippen LogP contribution in [0.25, 0.3) is 28.4 Å². The summed E-state index contributed by atoms with van der Waals surface area (Å²) in [5.74, 6) is 1.46. The van der Waals surface area contributed by atoms with E-state index in [1.165, 1.54) is 22.3 Å². The van der Waals surface area contributed by atoms with E-state index >= 15 is 0 Å². The van der Waals surface area contributed by atoms with Gasteiger partial charge in [0.25, 0.3) is 0 Å². The molecule has 0 spiro atoms. The number of hydrogen-bond donors (Lipinski definition) is 0. The predicted molar refractivity (Wildman–Crippen MR) is 113 cm³/mol. The fourth-order valence-corrected chi connectivity index (χ4v) is 3.88. The van der Waals surface area contributed by atoms with Crippen LogP contribution in [0.2, 0.25) is 0 Å². The molecule has 2 aromatic carbocycles. The molecular formula is C21H16FN7OS. The van der Waals surface area contributed by atoms with Gasteiger partial charge in [0.1, 0.15) is 16.6 Å². The molecule has 0 saturated carbocycles. The van der Waals surface area contributed by atoms with Crippen molar-refractivity contribution in [1.29, 1.82) is 0 Å². The van der Waals surface area contributed by atoms with Crippen LogP contribution in [-0.4, -0.2) is 41.7 Å². The number of rotatable bonds is 5. The summed E-state index contributed by atoms with van der Waals surface area (Å²) in [6.07, 6.45) is 0. The lowest BCUT2D eigenvalue weighted by molar-refractivity contribution is 0.415. The van der Waals surface area contributed by atoms with E-state index in [4.69, 9.17) is 4.74 Å². The molecule has 0 aliphatic carbocycles. The minimum atomic E-state index is -0.380. The van der Waals surface area contributed by atoms with Gasteiger partial charge in [0.15, 0.2) is 22.5 Å². The third-order valence-corrected chi connectivity index (χ3v) is 5.70. The second-order valence-electron chi connectivity index (χ2n) is 6.64. The lowest BCUT2D eigenvalue weighted by atomic mass is 10.2. The molecule has 0 amide bonds. The van der Waals surface area contributed by atoms with Gasteiger partial charge in [0, 0.05) is 12.6 Å². The largest absolute Gasteiger partial charge is 0.497 e. The second-order valence-corrected chi connectivity index (χ2v) is 7.63. The van der Waals surface area contributed by atoms with E-state index in [-0.39, 0.29) is 5.82 Å². The number of fused-ring (bicyclic) bond motifs is 1. The Labute approximate surface area is 180 Å². The van der Waals surface area contributed by atoms with Gasteiger partial charge < -0.3 is 9.30 Å². The fraction of sp³-hybridized carbons (Fsp3) is 0.0952. The van der Waals surface area contributed by atoms with Crippen molar-refractivity contribution in [1.82, 2.24) is 34.6 Å². The Kier molecular flexibility index (Phi) is 4.83. The number of halogens is 1. The van der Waals surface area contributed by atoms with E-state index < -0.39 is 0 Å². The first kappa shape index (κ1) is 19.2. The topological polar surface area (TPSA) is 83.0 Å². The van der Waals surface area contributed by atoms with Gasteiger partial charge >= 0.3 is 0 Å². The molecule has 0 unspecified atom stereocenters. The lowest BCUT2D eigenvalue weighted by Gasteiger charge is -2.05. The standard InChI is InChI=1S/C21H16FN7OS/c1-28-19(13-7-9-14(30-2)10-8-13)24-26-21(28)31-18-12-11-17-23-25-20(29(17)27-18)15-5-3-4-6-16(15)22/h3-12H,1-2H3. The van der Waals surface area contributed by atoms with Crippen molar-refractivity contribution in [2.75, 3.05) is 7.11 Å². The van der Waals surface area contributed by atoms with Crippen LogP contribution in [0.15, 0.2) is 70.8 Å². The molecule has 31 heavy (non-hydrogen) atoms. The van der Waals surface area contributed by atoms with E-state index in [1.807, 2.05) is 41.9 Å². The van der Waals surface area contributed by atoms with Crippen LogP contribution >= 0.6 is 11.8 Å². The number of aromatic nitrogens is 7. The number of methoxy groups -OCH3 is 1. The van der Waals surface area contributed by atoms with E-state index in [2.05, 4.69) is 25.5 Å². The van der Waals surface area contributed by atoms with Crippen molar-refractivity contribution < 1.29 is 9.13 Å². The maximum Gasteiger partial charge on any atom is 0.197 e. The number of ether oxygens (including phenoxy) is 1. The van der Waals surface area contributed by atoms with Crippen molar-refractivity contribution in [3.8, 4) is 28.5 Å². The SMILES string of the molecule is COc1ccc(-c2nnc(Sc3ccc4nnc(-c5ccccc5F)n4n3)n2C)cc1. The van der Waals surface area contributed by atoms with Crippen LogP contribution in [0.3, 0.4) is 0 Å². The molecule has 5 rings (SSSR count). The number of benzene rings is 2.